The van der Waals surface area contributed by atoms with Crippen LogP contribution in [0.4, 0.5) is 5.69 Å². The Morgan fingerprint density at radius 2 is 1.64 bits per heavy atom. The molecule has 2 aromatic rings. The van der Waals surface area contributed by atoms with Crippen LogP contribution in [0.1, 0.15) is 34.6 Å². The molecule has 0 atom stereocenters. The molecule has 0 aliphatic rings. The summed E-state index contributed by atoms with van der Waals surface area (Å²) in [4.78, 5) is 45.9. The molecule has 3 N–H and O–H groups in total. The smallest absolute Gasteiger partial charge is 0.353 e. The van der Waals surface area contributed by atoms with E-state index in [1.807, 2.05) is 0 Å². The second kappa shape index (κ2) is 6.87. The molecular weight excluding hydrogens is 334 g/mol. The summed E-state index contributed by atoms with van der Waals surface area (Å²) in [6, 6.07) is 5.61. The van der Waals surface area contributed by atoms with Gasteiger partial charge in [-0.2, -0.15) is 0 Å². The lowest BCUT2D eigenvalue weighted by Gasteiger charge is -2.09. The highest BCUT2D eigenvalue weighted by Gasteiger charge is 2.27. The van der Waals surface area contributed by atoms with Gasteiger partial charge in [0.15, 0.2) is 17.1 Å². The van der Waals surface area contributed by atoms with Crippen molar-refractivity contribution < 1.29 is 33.8 Å². The number of hydrogen-bond acceptors (Lipinski definition) is 8. The van der Waals surface area contributed by atoms with Crippen LogP contribution >= 0.6 is 0 Å². The first-order chi connectivity index (χ1) is 11.7. The van der Waals surface area contributed by atoms with E-state index in [0.29, 0.717) is 0 Å². The molecule has 0 aliphatic carbocycles. The quantitative estimate of drug-likeness (QED) is 0.428. The van der Waals surface area contributed by atoms with Crippen molar-refractivity contribution in [3.05, 3.63) is 45.8 Å². The van der Waals surface area contributed by atoms with Gasteiger partial charge in [-0.15, -0.1) is 0 Å². The Labute approximate surface area is 140 Å². The topological polar surface area (TPSA) is 143 Å². The first-order valence-corrected chi connectivity index (χ1v) is 6.90. The molecule has 25 heavy (non-hydrogen) atoms. The van der Waals surface area contributed by atoms with Gasteiger partial charge in [-0.05, 0) is 31.2 Å². The van der Waals surface area contributed by atoms with Crippen LogP contribution in [-0.4, -0.2) is 27.9 Å². The fourth-order valence-electron chi connectivity index (χ4n) is 1.99. The summed E-state index contributed by atoms with van der Waals surface area (Å²) >= 11 is 0. The molecule has 0 radical (unpaired) electrons. The maximum atomic E-state index is 12.2. The van der Waals surface area contributed by atoms with Crippen LogP contribution in [0, 0.1) is 0 Å². The minimum atomic E-state index is -1.26. The van der Waals surface area contributed by atoms with Crippen molar-refractivity contribution in [2.75, 3.05) is 5.32 Å². The zero-order valence-electron chi connectivity index (χ0n) is 13.2. The van der Waals surface area contributed by atoms with E-state index in [2.05, 4.69) is 9.73 Å². The van der Waals surface area contributed by atoms with Crippen molar-refractivity contribution in [1.82, 2.24) is 0 Å². The predicted molar refractivity (Wildman–Crippen MR) is 84.0 cm³/mol. The molecule has 9 heteroatoms. The van der Waals surface area contributed by atoms with Gasteiger partial charge < -0.3 is 24.7 Å². The Bertz CT molecular complexity index is 911. The van der Waals surface area contributed by atoms with E-state index in [4.69, 9.17) is 4.74 Å². The van der Waals surface area contributed by atoms with Crippen molar-refractivity contribution in [3.8, 4) is 17.4 Å². The summed E-state index contributed by atoms with van der Waals surface area (Å²) in [6.45, 7) is 2.23. The van der Waals surface area contributed by atoms with Crippen LogP contribution in [0.2, 0.25) is 0 Å². The second-order valence-electron chi connectivity index (χ2n) is 4.92. The maximum absolute atomic E-state index is 12.2. The number of amides is 1. The van der Waals surface area contributed by atoms with Crippen molar-refractivity contribution in [3.63, 3.8) is 0 Å². The highest BCUT2D eigenvalue weighted by molar-refractivity contribution is 6.10. The number of aromatic hydroxyl groups is 2. The zero-order valence-corrected chi connectivity index (χ0v) is 13.2. The number of nitrogens with one attached hydrogen (secondary N) is 1. The third-order valence-corrected chi connectivity index (χ3v) is 3.03. The first kappa shape index (κ1) is 17.7. The molecular formula is C16H13NO8. The number of Topliss-reactive ketones (excluding diaryl/α,β-unsaturated/α-hetero) is 1. The normalized spacial score (nSPS) is 10.2. The van der Waals surface area contributed by atoms with Gasteiger partial charge in [0.2, 0.25) is 0 Å². The summed E-state index contributed by atoms with van der Waals surface area (Å²) in [7, 11) is 0. The molecule has 0 fully saturated rings. The fourth-order valence-corrected chi connectivity index (χ4v) is 1.99. The monoisotopic (exact) mass is 347 g/mol. The average molecular weight is 347 g/mol. The summed E-state index contributed by atoms with van der Waals surface area (Å²) in [6.07, 6.45) is 0. The zero-order chi connectivity index (χ0) is 18.7. The lowest BCUT2D eigenvalue weighted by Crippen LogP contribution is -2.18. The van der Waals surface area contributed by atoms with Crippen LogP contribution in [0.15, 0.2) is 33.5 Å². The number of rotatable bonds is 4. The van der Waals surface area contributed by atoms with Gasteiger partial charge in [-0.1, -0.05) is 0 Å². The fraction of sp³-hybridized carbons (Fsp3) is 0.125. The maximum Gasteiger partial charge on any atom is 0.353 e. The Kier molecular flexibility index (Phi) is 4.87. The molecule has 1 aromatic heterocycles. The van der Waals surface area contributed by atoms with Crippen molar-refractivity contribution in [2.24, 2.45) is 0 Å². The number of anilines is 1. The van der Waals surface area contributed by atoms with Crippen LogP contribution in [0.3, 0.4) is 0 Å². The highest BCUT2D eigenvalue weighted by Crippen LogP contribution is 2.29. The third-order valence-electron chi connectivity index (χ3n) is 3.03. The van der Waals surface area contributed by atoms with E-state index >= 15 is 0 Å². The first-order valence-electron chi connectivity index (χ1n) is 6.90. The molecule has 9 nitrogen and oxygen atoms in total. The SMILES string of the molecule is CC(=O)Oc1ccc(NC(=O)c2c(O)oc(=O)c(C(C)=O)c2O)cc1. The third kappa shape index (κ3) is 3.83. The number of benzene rings is 1. The second-order valence-corrected chi connectivity index (χ2v) is 4.92. The minimum Gasteiger partial charge on any atom is -0.506 e. The molecule has 0 aliphatic heterocycles. The van der Waals surface area contributed by atoms with Gasteiger partial charge in [0, 0.05) is 12.6 Å². The van der Waals surface area contributed by atoms with E-state index in [-0.39, 0.29) is 11.4 Å². The average Bonchev–Trinajstić information content (AvgIpc) is 2.47. The molecule has 0 saturated heterocycles. The number of carbonyl (C=O) groups excluding carboxylic acids is 3. The van der Waals surface area contributed by atoms with E-state index < -0.39 is 46.1 Å². The van der Waals surface area contributed by atoms with E-state index in [1.54, 1.807) is 0 Å². The largest absolute Gasteiger partial charge is 0.506 e. The number of ketones is 1. The van der Waals surface area contributed by atoms with Crippen LogP contribution in [0.5, 0.6) is 17.4 Å². The molecule has 0 bridgehead atoms. The van der Waals surface area contributed by atoms with Gasteiger partial charge >= 0.3 is 17.5 Å². The van der Waals surface area contributed by atoms with Crippen molar-refractivity contribution >= 4 is 23.3 Å². The minimum absolute atomic E-state index is 0.232. The lowest BCUT2D eigenvalue weighted by molar-refractivity contribution is -0.131. The molecule has 1 amide bonds. The molecule has 130 valence electrons. The Hall–Kier alpha value is -3.62. The lowest BCUT2D eigenvalue weighted by atomic mass is 10.1. The highest BCUT2D eigenvalue weighted by atomic mass is 16.5. The Morgan fingerprint density at radius 1 is 1.04 bits per heavy atom. The summed E-state index contributed by atoms with van der Waals surface area (Å²) < 4.78 is 9.24. The number of hydrogen-bond donors (Lipinski definition) is 3. The van der Waals surface area contributed by atoms with Gasteiger partial charge in [0.25, 0.3) is 5.91 Å². The Morgan fingerprint density at radius 3 is 2.16 bits per heavy atom. The van der Waals surface area contributed by atoms with Gasteiger partial charge in [0.05, 0.1) is 0 Å². The number of esters is 1. The number of ether oxygens (including phenoxy) is 1. The molecule has 1 heterocycles. The summed E-state index contributed by atoms with van der Waals surface area (Å²) in [5.74, 6) is -4.20. The van der Waals surface area contributed by atoms with Crippen LogP contribution in [-0.2, 0) is 4.79 Å². The van der Waals surface area contributed by atoms with Gasteiger partial charge in [-0.3, -0.25) is 14.4 Å². The van der Waals surface area contributed by atoms with Gasteiger partial charge in [-0.25, -0.2) is 4.79 Å². The standard InChI is InChI=1S/C16H13NO8/c1-7(18)11-13(20)12(16(23)25-15(11)22)14(21)17-9-3-5-10(6-4-9)24-8(2)19/h3-6,20,23H,1-2H3,(H,17,21). The number of carbonyl (C=O) groups is 3. The summed E-state index contributed by atoms with van der Waals surface area (Å²) in [5.41, 5.74) is -2.53. The molecule has 2 rings (SSSR count). The van der Waals surface area contributed by atoms with Crippen molar-refractivity contribution in [2.45, 2.75) is 13.8 Å². The van der Waals surface area contributed by atoms with Crippen LogP contribution < -0.4 is 15.7 Å². The van der Waals surface area contributed by atoms with E-state index in [1.165, 1.54) is 31.2 Å². The van der Waals surface area contributed by atoms with Crippen LogP contribution in [0.25, 0.3) is 0 Å². The molecule has 1 aromatic carbocycles. The Balaban J connectivity index is 2.32. The predicted octanol–water partition coefficient (Wildman–Crippen LogP) is 1.43. The van der Waals surface area contributed by atoms with E-state index in [9.17, 15) is 29.4 Å². The molecule has 0 unspecified atom stereocenters. The molecule has 0 saturated carbocycles. The summed E-state index contributed by atoms with van der Waals surface area (Å²) in [5, 5.41) is 21.9. The van der Waals surface area contributed by atoms with Gasteiger partial charge in [0.1, 0.15) is 11.3 Å². The molecule has 0 spiro atoms. The van der Waals surface area contributed by atoms with Crippen molar-refractivity contribution in [1.29, 1.82) is 0 Å². The van der Waals surface area contributed by atoms with E-state index in [0.717, 1.165) is 6.92 Å².